The van der Waals surface area contributed by atoms with E-state index in [1.807, 2.05) is 6.92 Å². The molecule has 5 nitrogen and oxygen atoms in total. The Bertz CT molecular complexity index is 879. The number of aromatic nitrogens is 3. The lowest BCUT2D eigenvalue weighted by molar-refractivity contribution is 0.0473. The van der Waals surface area contributed by atoms with Crippen molar-refractivity contribution in [2.24, 2.45) is 0 Å². The number of benzene rings is 2. The van der Waals surface area contributed by atoms with E-state index in [1.165, 1.54) is 18.2 Å². The van der Waals surface area contributed by atoms with Crippen LogP contribution in [0.5, 0.6) is 0 Å². The number of nitrogens with zero attached hydrogens (tertiary/aromatic N) is 3. The van der Waals surface area contributed by atoms with E-state index >= 15 is 0 Å². The summed E-state index contributed by atoms with van der Waals surface area (Å²) < 4.78 is 19.9. The van der Waals surface area contributed by atoms with Crippen molar-refractivity contribution in [3.63, 3.8) is 0 Å². The molecule has 3 rings (SSSR count). The Hall–Kier alpha value is -2.47. The van der Waals surface area contributed by atoms with E-state index in [2.05, 4.69) is 10.3 Å². The highest BCUT2D eigenvalue weighted by molar-refractivity contribution is 6.31. The molecule has 7 heteroatoms. The molecule has 0 unspecified atom stereocenters. The number of carbonyl (C=O) groups excluding carboxylic acids is 1. The fourth-order valence-electron chi connectivity index (χ4n) is 2.20. The van der Waals surface area contributed by atoms with Gasteiger partial charge in [-0.05, 0) is 37.3 Å². The van der Waals surface area contributed by atoms with Crippen molar-refractivity contribution in [1.82, 2.24) is 15.0 Å². The molecule has 23 heavy (non-hydrogen) atoms. The predicted molar refractivity (Wildman–Crippen MR) is 83.7 cm³/mol. The van der Waals surface area contributed by atoms with Crippen molar-refractivity contribution in [1.29, 1.82) is 0 Å². The predicted octanol–water partition coefficient (Wildman–Crippen LogP) is 3.60. The summed E-state index contributed by atoms with van der Waals surface area (Å²) in [5, 5.41) is 8.23. The second kappa shape index (κ2) is 6.34. The van der Waals surface area contributed by atoms with Gasteiger partial charge in [0.25, 0.3) is 0 Å². The van der Waals surface area contributed by atoms with Gasteiger partial charge >= 0.3 is 5.97 Å². The number of carbonyl (C=O) groups is 1. The van der Waals surface area contributed by atoms with Crippen molar-refractivity contribution >= 4 is 28.6 Å². The van der Waals surface area contributed by atoms with Gasteiger partial charge in [-0.15, -0.1) is 5.10 Å². The summed E-state index contributed by atoms with van der Waals surface area (Å²) in [5.41, 5.74) is 2.39. The summed E-state index contributed by atoms with van der Waals surface area (Å²) in [6.07, 6.45) is 0. The minimum atomic E-state index is -0.502. The first-order chi connectivity index (χ1) is 11.1. The van der Waals surface area contributed by atoms with Gasteiger partial charge in [0.1, 0.15) is 17.9 Å². The molecular formula is C16H13ClFN3O2. The topological polar surface area (TPSA) is 57.0 Å². The van der Waals surface area contributed by atoms with Crippen molar-refractivity contribution < 1.29 is 13.9 Å². The van der Waals surface area contributed by atoms with Gasteiger partial charge in [0, 0.05) is 12.1 Å². The lowest BCUT2D eigenvalue weighted by Gasteiger charge is -2.07. The molecule has 0 bridgehead atoms. The van der Waals surface area contributed by atoms with E-state index in [0.29, 0.717) is 23.2 Å². The average molecular weight is 334 g/mol. The van der Waals surface area contributed by atoms with Crippen LogP contribution in [-0.2, 0) is 17.9 Å². The van der Waals surface area contributed by atoms with Gasteiger partial charge in [0.05, 0.1) is 16.1 Å². The zero-order chi connectivity index (χ0) is 16.4. The zero-order valence-electron chi connectivity index (χ0n) is 12.3. The zero-order valence-corrected chi connectivity index (χ0v) is 13.0. The minimum absolute atomic E-state index is 0.0301. The SMILES string of the molecule is CCn1nnc2cc(C(=O)OCc3ccc(F)cc3Cl)ccc21. The van der Waals surface area contributed by atoms with Gasteiger partial charge in [-0.1, -0.05) is 22.9 Å². The maximum Gasteiger partial charge on any atom is 0.338 e. The number of aryl methyl sites for hydroxylation is 1. The van der Waals surface area contributed by atoms with Crippen LogP contribution in [0.4, 0.5) is 4.39 Å². The molecule has 0 N–H and O–H groups in total. The van der Waals surface area contributed by atoms with Crippen LogP contribution in [0.25, 0.3) is 11.0 Å². The molecule has 0 saturated heterocycles. The third-order valence-corrected chi connectivity index (χ3v) is 3.77. The quantitative estimate of drug-likeness (QED) is 0.684. The summed E-state index contributed by atoms with van der Waals surface area (Å²) in [5.74, 6) is -0.937. The van der Waals surface area contributed by atoms with Crippen molar-refractivity contribution in [2.75, 3.05) is 0 Å². The summed E-state index contributed by atoms with van der Waals surface area (Å²) >= 11 is 5.90. The first kappa shape index (κ1) is 15.4. The molecule has 0 spiro atoms. The second-order valence-electron chi connectivity index (χ2n) is 4.92. The van der Waals surface area contributed by atoms with Crippen LogP contribution in [-0.4, -0.2) is 21.0 Å². The first-order valence-corrected chi connectivity index (χ1v) is 7.40. The lowest BCUT2D eigenvalue weighted by Crippen LogP contribution is -2.05. The van der Waals surface area contributed by atoms with Crippen LogP contribution in [0.2, 0.25) is 5.02 Å². The highest BCUT2D eigenvalue weighted by Crippen LogP contribution is 2.19. The molecule has 1 heterocycles. The molecule has 0 aliphatic carbocycles. The number of hydrogen-bond acceptors (Lipinski definition) is 4. The lowest BCUT2D eigenvalue weighted by atomic mass is 10.2. The Morgan fingerprint density at radius 2 is 2.13 bits per heavy atom. The summed E-state index contributed by atoms with van der Waals surface area (Å²) in [6, 6.07) is 9.00. The van der Waals surface area contributed by atoms with Crippen molar-refractivity contribution in [2.45, 2.75) is 20.1 Å². The third-order valence-electron chi connectivity index (χ3n) is 3.42. The Kier molecular flexibility index (Phi) is 4.25. The van der Waals surface area contributed by atoms with E-state index < -0.39 is 11.8 Å². The van der Waals surface area contributed by atoms with Crippen LogP contribution >= 0.6 is 11.6 Å². The molecule has 0 fully saturated rings. The molecule has 1 aromatic heterocycles. The van der Waals surface area contributed by atoms with Crippen LogP contribution < -0.4 is 0 Å². The third kappa shape index (κ3) is 3.17. The normalized spacial score (nSPS) is 10.9. The number of ether oxygens (including phenoxy) is 1. The molecule has 0 atom stereocenters. The Morgan fingerprint density at radius 1 is 1.30 bits per heavy atom. The van der Waals surface area contributed by atoms with Crippen LogP contribution in [0.15, 0.2) is 36.4 Å². The molecule has 2 aromatic carbocycles. The Balaban J connectivity index is 1.75. The number of rotatable bonds is 4. The standard InChI is InChI=1S/C16H13ClFN3O2/c1-2-21-15-6-4-10(7-14(15)19-20-21)16(22)23-9-11-3-5-12(18)8-13(11)17/h3-8H,2,9H2,1H3. The van der Waals surface area contributed by atoms with Crippen molar-refractivity contribution in [3.8, 4) is 0 Å². The van der Waals surface area contributed by atoms with Gasteiger partial charge in [-0.3, -0.25) is 0 Å². The number of hydrogen-bond donors (Lipinski definition) is 0. The van der Waals surface area contributed by atoms with Gasteiger partial charge in [0.15, 0.2) is 0 Å². The number of esters is 1. The largest absolute Gasteiger partial charge is 0.457 e. The molecule has 0 amide bonds. The van der Waals surface area contributed by atoms with Crippen molar-refractivity contribution in [3.05, 3.63) is 58.4 Å². The van der Waals surface area contributed by atoms with Gasteiger partial charge in [-0.25, -0.2) is 13.9 Å². The fraction of sp³-hybridized carbons (Fsp3) is 0.188. The molecule has 0 saturated carbocycles. The smallest absolute Gasteiger partial charge is 0.338 e. The molecule has 0 radical (unpaired) electrons. The average Bonchev–Trinajstić information content (AvgIpc) is 2.96. The van der Waals surface area contributed by atoms with E-state index in [0.717, 1.165) is 5.52 Å². The van der Waals surface area contributed by atoms with E-state index in [-0.39, 0.29) is 11.6 Å². The van der Waals surface area contributed by atoms with Crippen LogP contribution in [0.3, 0.4) is 0 Å². The Morgan fingerprint density at radius 3 is 2.87 bits per heavy atom. The van der Waals surface area contributed by atoms with Crippen LogP contribution in [0.1, 0.15) is 22.8 Å². The fourth-order valence-corrected chi connectivity index (χ4v) is 2.42. The van der Waals surface area contributed by atoms with Crippen LogP contribution in [0, 0.1) is 5.82 Å². The van der Waals surface area contributed by atoms with E-state index in [9.17, 15) is 9.18 Å². The molecule has 0 aliphatic rings. The van der Waals surface area contributed by atoms with E-state index in [4.69, 9.17) is 16.3 Å². The maximum absolute atomic E-state index is 13.0. The molecule has 0 aliphatic heterocycles. The first-order valence-electron chi connectivity index (χ1n) is 7.03. The summed E-state index contributed by atoms with van der Waals surface area (Å²) in [6.45, 7) is 2.63. The van der Waals surface area contributed by atoms with E-state index in [1.54, 1.807) is 22.9 Å². The highest BCUT2D eigenvalue weighted by atomic mass is 35.5. The summed E-state index contributed by atoms with van der Waals surface area (Å²) in [7, 11) is 0. The minimum Gasteiger partial charge on any atom is -0.457 e. The monoisotopic (exact) mass is 333 g/mol. The number of halogens is 2. The van der Waals surface area contributed by atoms with Gasteiger partial charge in [-0.2, -0.15) is 0 Å². The highest BCUT2D eigenvalue weighted by Gasteiger charge is 2.12. The van der Waals surface area contributed by atoms with Gasteiger partial charge in [0.2, 0.25) is 0 Å². The second-order valence-corrected chi connectivity index (χ2v) is 5.33. The summed E-state index contributed by atoms with van der Waals surface area (Å²) in [4.78, 5) is 12.1. The molecule has 3 aromatic rings. The molecule has 118 valence electrons. The maximum atomic E-state index is 13.0. The molecular weight excluding hydrogens is 321 g/mol. The Labute approximate surface area is 136 Å². The van der Waals surface area contributed by atoms with Gasteiger partial charge < -0.3 is 4.74 Å². The number of fused-ring (bicyclic) bond motifs is 1.